The van der Waals surface area contributed by atoms with Crippen molar-refractivity contribution in [3.63, 3.8) is 0 Å². The van der Waals surface area contributed by atoms with Gasteiger partial charge in [-0.05, 0) is 66.8 Å². The lowest BCUT2D eigenvalue weighted by Gasteiger charge is -2.28. The molecular formula is C23H22N2S2. The van der Waals surface area contributed by atoms with Crippen LogP contribution in [0.3, 0.4) is 0 Å². The summed E-state index contributed by atoms with van der Waals surface area (Å²) in [7, 11) is 0. The molecule has 2 atom stereocenters. The Kier molecular flexibility index (Phi) is 4.68. The Balaban J connectivity index is 1.62. The van der Waals surface area contributed by atoms with Crippen LogP contribution in [0.5, 0.6) is 0 Å². The molecule has 1 aliphatic heterocycles. The zero-order chi connectivity index (χ0) is 18.1. The monoisotopic (exact) mass is 390 g/mol. The van der Waals surface area contributed by atoms with Crippen LogP contribution in [0, 0.1) is 5.92 Å². The number of hydrazone groups is 1. The van der Waals surface area contributed by atoms with Gasteiger partial charge in [-0.1, -0.05) is 35.9 Å². The second-order valence-corrected chi connectivity index (χ2v) is 9.11. The van der Waals surface area contributed by atoms with Gasteiger partial charge in [0.15, 0.2) is 0 Å². The van der Waals surface area contributed by atoms with Crippen molar-refractivity contribution in [2.75, 3.05) is 5.01 Å². The van der Waals surface area contributed by atoms with Gasteiger partial charge in [-0.15, -0.1) is 22.7 Å². The van der Waals surface area contributed by atoms with E-state index in [1.807, 2.05) is 22.7 Å². The summed E-state index contributed by atoms with van der Waals surface area (Å²) in [6.07, 6.45) is 7.21. The molecule has 1 fully saturated rings. The molecule has 1 aliphatic carbocycles. The van der Waals surface area contributed by atoms with Crippen molar-refractivity contribution in [1.82, 2.24) is 0 Å². The Morgan fingerprint density at radius 3 is 2.48 bits per heavy atom. The Morgan fingerprint density at radius 2 is 1.70 bits per heavy atom. The molecule has 0 radical (unpaired) electrons. The maximum atomic E-state index is 5.18. The third-order valence-electron chi connectivity index (χ3n) is 5.45. The molecule has 136 valence electrons. The van der Waals surface area contributed by atoms with Crippen LogP contribution in [0.25, 0.3) is 6.08 Å². The third-order valence-corrected chi connectivity index (χ3v) is 7.21. The van der Waals surface area contributed by atoms with Gasteiger partial charge in [-0.2, -0.15) is 5.10 Å². The fourth-order valence-corrected chi connectivity index (χ4v) is 5.80. The summed E-state index contributed by atoms with van der Waals surface area (Å²) in [6, 6.07) is 19.7. The van der Waals surface area contributed by atoms with Crippen LogP contribution in [0.2, 0.25) is 0 Å². The second-order valence-electron chi connectivity index (χ2n) is 7.15. The number of thiophene rings is 2. The van der Waals surface area contributed by atoms with E-state index in [4.69, 9.17) is 5.10 Å². The molecule has 2 nitrogen and oxygen atoms in total. The minimum atomic E-state index is 0.270. The SMILES string of the molecule is C(=C1/CCCCC2=NN(c3ccccc3)[C@@H](c3cccs3)[C@@H]21)/c1cccs1. The van der Waals surface area contributed by atoms with Crippen LogP contribution in [0.4, 0.5) is 5.69 Å². The molecule has 3 aromatic rings. The Labute approximate surface area is 168 Å². The summed E-state index contributed by atoms with van der Waals surface area (Å²) in [4.78, 5) is 2.76. The normalized spacial score (nSPS) is 23.9. The Bertz CT molecular complexity index is 940. The average Bonchev–Trinajstić information content (AvgIpc) is 3.43. The second kappa shape index (κ2) is 7.45. The first-order valence-corrected chi connectivity index (χ1v) is 11.3. The highest BCUT2D eigenvalue weighted by atomic mass is 32.1. The highest BCUT2D eigenvalue weighted by Gasteiger charge is 2.42. The lowest BCUT2D eigenvalue weighted by Crippen LogP contribution is -2.25. The molecule has 1 saturated carbocycles. The van der Waals surface area contributed by atoms with Crippen LogP contribution >= 0.6 is 22.7 Å². The van der Waals surface area contributed by atoms with E-state index in [2.05, 4.69) is 76.4 Å². The van der Waals surface area contributed by atoms with Crippen molar-refractivity contribution in [2.24, 2.45) is 11.0 Å². The smallest absolute Gasteiger partial charge is 0.0985 e. The Morgan fingerprint density at radius 1 is 0.889 bits per heavy atom. The number of rotatable bonds is 3. The molecule has 0 amide bonds. The number of hydrogen-bond acceptors (Lipinski definition) is 4. The molecular weight excluding hydrogens is 368 g/mol. The summed E-state index contributed by atoms with van der Waals surface area (Å²) >= 11 is 3.68. The first-order chi connectivity index (χ1) is 13.4. The molecule has 4 heteroatoms. The van der Waals surface area contributed by atoms with Gasteiger partial charge in [-0.25, -0.2) is 0 Å². The van der Waals surface area contributed by atoms with Gasteiger partial charge in [0.05, 0.1) is 11.7 Å². The fraction of sp³-hybridized carbons (Fsp3) is 0.261. The van der Waals surface area contributed by atoms with Gasteiger partial charge in [-0.3, -0.25) is 5.01 Å². The molecule has 2 aromatic heterocycles. The van der Waals surface area contributed by atoms with Crippen molar-refractivity contribution < 1.29 is 0 Å². The molecule has 1 aromatic carbocycles. The average molecular weight is 391 g/mol. The molecule has 27 heavy (non-hydrogen) atoms. The quantitative estimate of drug-likeness (QED) is 0.470. The van der Waals surface area contributed by atoms with E-state index in [0.717, 1.165) is 6.42 Å². The van der Waals surface area contributed by atoms with Crippen LogP contribution in [0.1, 0.15) is 41.5 Å². The number of fused-ring (bicyclic) bond motifs is 1. The summed E-state index contributed by atoms with van der Waals surface area (Å²) in [5.74, 6) is 0.383. The predicted octanol–water partition coefficient (Wildman–Crippen LogP) is 7.00. The highest BCUT2D eigenvalue weighted by Crippen LogP contribution is 2.47. The van der Waals surface area contributed by atoms with Gasteiger partial charge >= 0.3 is 0 Å². The number of para-hydroxylation sites is 1. The molecule has 3 heterocycles. The zero-order valence-electron chi connectivity index (χ0n) is 15.1. The largest absolute Gasteiger partial charge is 0.256 e. The Hall–Kier alpha value is -2.17. The van der Waals surface area contributed by atoms with E-state index < -0.39 is 0 Å². The molecule has 0 unspecified atom stereocenters. The maximum absolute atomic E-state index is 5.18. The molecule has 0 N–H and O–H groups in total. The maximum Gasteiger partial charge on any atom is 0.0985 e. The van der Waals surface area contributed by atoms with Crippen molar-refractivity contribution in [2.45, 2.75) is 31.7 Å². The topological polar surface area (TPSA) is 15.6 Å². The lowest BCUT2D eigenvalue weighted by molar-refractivity contribution is 0.602. The van der Waals surface area contributed by atoms with E-state index in [1.54, 1.807) is 5.57 Å². The highest BCUT2D eigenvalue weighted by molar-refractivity contribution is 7.11. The van der Waals surface area contributed by atoms with E-state index in [-0.39, 0.29) is 6.04 Å². The van der Waals surface area contributed by atoms with Crippen molar-refractivity contribution in [3.8, 4) is 0 Å². The first-order valence-electron chi connectivity index (χ1n) is 9.59. The standard InChI is InChI=1S/C23H22N2S2/c1-2-9-18(10-3-1)25-23(21-13-7-15-27-21)22-17(16-19-11-6-14-26-19)8-4-5-12-20(22)24-25/h1-3,6-7,9-11,13-16,22-23H,4-5,8,12H2/b17-16+/t22-,23+/m1/s1. The first kappa shape index (κ1) is 17.0. The number of benzene rings is 1. The summed E-state index contributed by atoms with van der Waals surface area (Å²) in [5.41, 5.74) is 4.09. The van der Waals surface area contributed by atoms with Gasteiger partial charge in [0, 0.05) is 21.4 Å². The van der Waals surface area contributed by atoms with Crippen molar-refractivity contribution in [3.05, 3.63) is 80.7 Å². The zero-order valence-corrected chi connectivity index (χ0v) is 16.8. The minimum Gasteiger partial charge on any atom is -0.256 e. The molecule has 5 rings (SSSR count). The van der Waals surface area contributed by atoms with Crippen LogP contribution in [-0.2, 0) is 0 Å². The summed E-state index contributed by atoms with van der Waals surface area (Å²) in [6.45, 7) is 0. The van der Waals surface area contributed by atoms with Crippen LogP contribution in [0.15, 0.2) is 76.0 Å². The van der Waals surface area contributed by atoms with Crippen LogP contribution < -0.4 is 5.01 Å². The van der Waals surface area contributed by atoms with Gasteiger partial charge < -0.3 is 0 Å². The van der Waals surface area contributed by atoms with Gasteiger partial charge in [0.25, 0.3) is 0 Å². The van der Waals surface area contributed by atoms with Crippen LogP contribution in [-0.4, -0.2) is 5.71 Å². The van der Waals surface area contributed by atoms with Crippen molar-refractivity contribution in [1.29, 1.82) is 0 Å². The molecule has 0 bridgehead atoms. The number of nitrogens with zero attached hydrogens (tertiary/aromatic N) is 2. The summed E-state index contributed by atoms with van der Waals surface area (Å²) in [5, 5.41) is 11.8. The van der Waals surface area contributed by atoms with E-state index >= 15 is 0 Å². The summed E-state index contributed by atoms with van der Waals surface area (Å²) < 4.78 is 0. The third kappa shape index (κ3) is 3.28. The molecule has 0 saturated heterocycles. The predicted molar refractivity (Wildman–Crippen MR) is 118 cm³/mol. The van der Waals surface area contributed by atoms with E-state index in [1.165, 1.54) is 40.4 Å². The fourth-order valence-electron chi connectivity index (χ4n) is 4.26. The molecule has 2 aliphatic rings. The number of anilines is 1. The minimum absolute atomic E-state index is 0.270. The number of hydrogen-bond donors (Lipinski definition) is 0. The van der Waals surface area contributed by atoms with Gasteiger partial charge in [0.2, 0.25) is 0 Å². The lowest BCUT2D eigenvalue weighted by atomic mass is 9.85. The van der Waals surface area contributed by atoms with Crippen molar-refractivity contribution >= 4 is 40.1 Å². The van der Waals surface area contributed by atoms with E-state index in [9.17, 15) is 0 Å². The van der Waals surface area contributed by atoms with Gasteiger partial charge in [0.1, 0.15) is 0 Å². The molecule has 0 spiro atoms. The van der Waals surface area contributed by atoms with E-state index in [0.29, 0.717) is 5.92 Å².